The average Bonchev–Trinajstić information content (AvgIpc) is 3.27. The number of anilines is 2. The van der Waals surface area contributed by atoms with Gasteiger partial charge in [-0.2, -0.15) is 0 Å². The maximum absolute atomic E-state index is 14.3. The Hall–Kier alpha value is -2.94. The first kappa shape index (κ1) is 21.9. The van der Waals surface area contributed by atoms with Crippen LogP contribution in [0.1, 0.15) is 34.1 Å². The second kappa shape index (κ2) is 9.51. The smallest absolute Gasteiger partial charge is 0.227 e. The molecule has 2 heterocycles. The molecule has 4 aromatic rings. The van der Waals surface area contributed by atoms with E-state index in [9.17, 15) is 4.39 Å². The Morgan fingerprint density at radius 2 is 1.94 bits per heavy atom. The van der Waals surface area contributed by atoms with Crippen LogP contribution in [-0.4, -0.2) is 10.2 Å². The van der Waals surface area contributed by atoms with E-state index in [0.29, 0.717) is 23.7 Å². The van der Waals surface area contributed by atoms with E-state index >= 15 is 0 Å². The summed E-state index contributed by atoms with van der Waals surface area (Å²) in [4.78, 5) is 0. The van der Waals surface area contributed by atoms with E-state index in [2.05, 4.69) is 41.5 Å². The summed E-state index contributed by atoms with van der Waals surface area (Å²) in [6, 6.07) is 19.0. The SMILES string of the molecule is Cc1ccc(Nc2nnc(SCc3cc(F)cc4c3O[C@@H](c3ccccc3)OC4)s2)c(C)c1. The summed E-state index contributed by atoms with van der Waals surface area (Å²) in [7, 11) is 0. The number of hydrogen-bond donors (Lipinski definition) is 1. The van der Waals surface area contributed by atoms with Crippen molar-refractivity contribution < 1.29 is 13.9 Å². The minimum atomic E-state index is -0.511. The van der Waals surface area contributed by atoms with Gasteiger partial charge >= 0.3 is 0 Å². The van der Waals surface area contributed by atoms with Crippen molar-refractivity contribution in [3.63, 3.8) is 0 Å². The minimum Gasteiger partial charge on any atom is -0.460 e. The molecule has 0 bridgehead atoms. The van der Waals surface area contributed by atoms with Gasteiger partial charge in [0.2, 0.25) is 11.4 Å². The van der Waals surface area contributed by atoms with Crippen molar-refractivity contribution in [2.75, 3.05) is 5.32 Å². The van der Waals surface area contributed by atoms with Crippen LogP contribution in [0.4, 0.5) is 15.2 Å². The van der Waals surface area contributed by atoms with Crippen LogP contribution in [0, 0.1) is 19.7 Å². The van der Waals surface area contributed by atoms with Gasteiger partial charge in [-0.15, -0.1) is 10.2 Å². The largest absolute Gasteiger partial charge is 0.460 e. The van der Waals surface area contributed by atoms with E-state index in [1.165, 1.54) is 40.8 Å². The molecular weight excluding hydrogens is 457 g/mol. The first-order valence-corrected chi connectivity index (χ1v) is 12.3. The maximum Gasteiger partial charge on any atom is 0.227 e. The molecular formula is C25H22FN3O2S2. The third-order valence-electron chi connectivity index (χ3n) is 5.28. The number of aryl methyl sites for hydroxylation is 2. The summed E-state index contributed by atoms with van der Waals surface area (Å²) in [6.45, 7) is 4.43. The fourth-order valence-corrected chi connectivity index (χ4v) is 5.42. The molecule has 1 atom stereocenters. The zero-order chi connectivity index (χ0) is 22.8. The molecule has 0 fully saturated rings. The molecule has 33 heavy (non-hydrogen) atoms. The van der Waals surface area contributed by atoms with Crippen LogP contribution in [0.5, 0.6) is 5.75 Å². The van der Waals surface area contributed by atoms with Gasteiger partial charge in [-0.25, -0.2) is 4.39 Å². The third-order valence-corrected chi connectivity index (χ3v) is 7.30. The van der Waals surface area contributed by atoms with Gasteiger partial charge in [0.1, 0.15) is 11.6 Å². The Labute approximate surface area is 200 Å². The lowest BCUT2D eigenvalue weighted by molar-refractivity contribution is -0.112. The number of nitrogens with zero attached hydrogens (tertiary/aromatic N) is 2. The highest BCUT2D eigenvalue weighted by Crippen LogP contribution is 2.39. The monoisotopic (exact) mass is 479 g/mol. The Kier molecular flexibility index (Phi) is 6.30. The Morgan fingerprint density at radius 1 is 1.09 bits per heavy atom. The molecule has 8 heteroatoms. The van der Waals surface area contributed by atoms with Crippen LogP contribution in [-0.2, 0) is 17.1 Å². The van der Waals surface area contributed by atoms with E-state index in [4.69, 9.17) is 9.47 Å². The van der Waals surface area contributed by atoms with Crippen LogP contribution >= 0.6 is 23.1 Å². The molecule has 0 radical (unpaired) electrons. The van der Waals surface area contributed by atoms with E-state index in [1.807, 2.05) is 36.4 Å². The molecule has 0 saturated heterocycles. The molecule has 1 aromatic heterocycles. The van der Waals surface area contributed by atoms with Crippen molar-refractivity contribution in [2.45, 2.75) is 36.8 Å². The Balaban J connectivity index is 1.30. The molecule has 168 valence electrons. The number of thioether (sulfide) groups is 1. The molecule has 0 unspecified atom stereocenters. The van der Waals surface area contributed by atoms with Crippen LogP contribution < -0.4 is 10.1 Å². The predicted molar refractivity (Wildman–Crippen MR) is 130 cm³/mol. The van der Waals surface area contributed by atoms with Crippen molar-refractivity contribution in [1.82, 2.24) is 10.2 Å². The lowest BCUT2D eigenvalue weighted by Gasteiger charge is -2.28. The summed E-state index contributed by atoms with van der Waals surface area (Å²) in [5.41, 5.74) is 5.79. The predicted octanol–water partition coefficient (Wildman–Crippen LogP) is 6.94. The highest BCUT2D eigenvalue weighted by atomic mass is 32.2. The highest BCUT2D eigenvalue weighted by Gasteiger charge is 2.25. The normalized spacial score (nSPS) is 15.1. The molecule has 1 N–H and O–H groups in total. The van der Waals surface area contributed by atoms with Crippen LogP contribution in [0.15, 0.2) is 65.0 Å². The molecule has 0 aliphatic carbocycles. The fraction of sp³-hybridized carbons (Fsp3) is 0.200. The van der Waals surface area contributed by atoms with E-state index in [1.54, 1.807) is 0 Å². The van der Waals surface area contributed by atoms with Crippen LogP contribution in [0.25, 0.3) is 0 Å². The van der Waals surface area contributed by atoms with Crippen LogP contribution in [0.3, 0.4) is 0 Å². The van der Waals surface area contributed by atoms with Crippen molar-refractivity contribution >= 4 is 33.9 Å². The fourth-order valence-electron chi connectivity index (χ4n) is 3.69. The number of ether oxygens (including phenoxy) is 2. The zero-order valence-electron chi connectivity index (χ0n) is 18.2. The molecule has 1 aliphatic heterocycles. The first-order chi connectivity index (χ1) is 16.0. The van der Waals surface area contributed by atoms with E-state index in [-0.39, 0.29) is 5.82 Å². The standard InChI is InChI=1S/C25H22FN3O2S2/c1-15-8-9-21(16(2)10-15)27-24-28-29-25(33-24)32-14-19-12-20(26)11-18-13-30-23(31-22(18)19)17-6-4-3-5-7-17/h3-12,23H,13-14H2,1-2H3,(H,27,28)/t23-/m0/s1. The lowest BCUT2D eigenvalue weighted by atomic mass is 10.1. The zero-order valence-corrected chi connectivity index (χ0v) is 19.8. The van der Waals surface area contributed by atoms with Gasteiger partial charge in [0.05, 0.1) is 6.61 Å². The summed E-state index contributed by atoms with van der Waals surface area (Å²) in [6.07, 6.45) is -0.511. The lowest BCUT2D eigenvalue weighted by Crippen LogP contribution is -2.19. The number of halogens is 1. The van der Waals surface area contributed by atoms with E-state index < -0.39 is 6.29 Å². The summed E-state index contributed by atoms with van der Waals surface area (Å²) in [5.74, 6) is 0.895. The number of nitrogens with one attached hydrogen (secondary N) is 1. The highest BCUT2D eigenvalue weighted by molar-refractivity contribution is 8.00. The number of fused-ring (bicyclic) bond motifs is 1. The molecule has 0 saturated carbocycles. The molecule has 0 spiro atoms. The topological polar surface area (TPSA) is 56.3 Å². The first-order valence-electron chi connectivity index (χ1n) is 10.5. The minimum absolute atomic E-state index is 0.299. The summed E-state index contributed by atoms with van der Waals surface area (Å²) in [5, 5.41) is 12.6. The van der Waals surface area contributed by atoms with Gasteiger partial charge in [-0.3, -0.25) is 0 Å². The number of aromatic nitrogens is 2. The summed E-state index contributed by atoms with van der Waals surface area (Å²) >= 11 is 2.98. The quantitative estimate of drug-likeness (QED) is 0.302. The molecule has 3 aromatic carbocycles. The second-order valence-electron chi connectivity index (χ2n) is 7.83. The Bertz CT molecular complexity index is 1280. The van der Waals surface area contributed by atoms with Crippen LogP contribution in [0.2, 0.25) is 0 Å². The number of hydrogen-bond acceptors (Lipinski definition) is 7. The number of benzene rings is 3. The van der Waals surface area contributed by atoms with Gasteiger partial charge < -0.3 is 14.8 Å². The molecule has 5 nitrogen and oxygen atoms in total. The van der Waals surface area contributed by atoms with Gasteiger partial charge in [-0.05, 0) is 37.6 Å². The number of rotatable bonds is 6. The second-order valence-corrected chi connectivity index (χ2v) is 10.0. The van der Waals surface area contributed by atoms with Gasteiger partial charge in [0.25, 0.3) is 0 Å². The molecule has 0 amide bonds. The maximum atomic E-state index is 14.3. The molecule has 5 rings (SSSR count). The van der Waals surface area contributed by atoms with Crippen molar-refractivity contribution in [3.05, 3.63) is 94.3 Å². The Morgan fingerprint density at radius 3 is 2.76 bits per heavy atom. The van der Waals surface area contributed by atoms with Gasteiger partial charge in [0.15, 0.2) is 4.34 Å². The van der Waals surface area contributed by atoms with Crippen molar-refractivity contribution in [1.29, 1.82) is 0 Å². The average molecular weight is 480 g/mol. The third kappa shape index (κ3) is 5.03. The summed E-state index contributed by atoms with van der Waals surface area (Å²) < 4.78 is 27.0. The van der Waals surface area contributed by atoms with E-state index in [0.717, 1.165) is 31.8 Å². The van der Waals surface area contributed by atoms with Gasteiger partial charge in [0, 0.05) is 28.1 Å². The van der Waals surface area contributed by atoms with Crippen molar-refractivity contribution in [3.8, 4) is 5.75 Å². The van der Waals surface area contributed by atoms with Gasteiger partial charge in [-0.1, -0.05) is 71.1 Å². The van der Waals surface area contributed by atoms with Crippen molar-refractivity contribution in [2.24, 2.45) is 0 Å². The molecule has 1 aliphatic rings.